The maximum absolute atomic E-state index is 12.9. The zero-order chi connectivity index (χ0) is 21.0. The molecule has 154 valence electrons. The van der Waals surface area contributed by atoms with Gasteiger partial charge < -0.3 is 14.7 Å². The second-order valence-corrected chi connectivity index (χ2v) is 8.52. The summed E-state index contributed by atoms with van der Waals surface area (Å²) in [6, 6.07) is 14.8. The van der Waals surface area contributed by atoms with Crippen LogP contribution in [0.4, 0.5) is 4.79 Å². The summed E-state index contributed by atoms with van der Waals surface area (Å²) in [5, 5.41) is 9.54. The van der Waals surface area contributed by atoms with Gasteiger partial charge in [0.1, 0.15) is 5.60 Å². The molecule has 1 N–H and O–H groups in total. The molecular weight excluding hydrogens is 366 g/mol. The van der Waals surface area contributed by atoms with Crippen molar-refractivity contribution in [2.45, 2.75) is 58.1 Å². The molecule has 1 aliphatic rings. The SMILES string of the molecule is CC(C)(C)OC(=O)N1CCCCCC1c1cccc(-c2ccccc2C(=O)O)c1. The summed E-state index contributed by atoms with van der Waals surface area (Å²) in [5.74, 6) is -0.948. The van der Waals surface area contributed by atoms with Gasteiger partial charge in [-0.2, -0.15) is 0 Å². The molecule has 5 nitrogen and oxygen atoms in total. The van der Waals surface area contributed by atoms with Gasteiger partial charge in [0.2, 0.25) is 0 Å². The maximum atomic E-state index is 12.9. The van der Waals surface area contributed by atoms with E-state index in [1.807, 2.05) is 62.1 Å². The van der Waals surface area contributed by atoms with Gasteiger partial charge in [-0.15, -0.1) is 0 Å². The smallest absolute Gasteiger partial charge is 0.410 e. The minimum absolute atomic E-state index is 0.0794. The third-order valence-corrected chi connectivity index (χ3v) is 5.12. The van der Waals surface area contributed by atoms with Crippen molar-refractivity contribution in [1.82, 2.24) is 4.90 Å². The van der Waals surface area contributed by atoms with Gasteiger partial charge in [0.05, 0.1) is 11.6 Å². The summed E-state index contributed by atoms with van der Waals surface area (Å²) in [4.78, 5) is 26.3. The highest BCUT2D eigenvalue weighted by atomic mass is 16.6. The first-order valence-corrected chi connectivity index (χ1v) is 10.2. The Morgan fingerprint density at radius 2 is 1.79 bits per heavy atom. The monoisotopic (exact) mass is 395 g/mol. The Morgan fingerprint density at radius 1 is 1.03 bits per heavy atom. The molecule has 29 heavy (non-hydrogen) atoms. The van der Waals surface area contributed by atoms with Crippen LogP contribution in [0.5, 0.6) is 0 Å². The second-order valence-electron chi connectivity index (χ2n) is 8.52. The van der Waals surface area contributed by atoms with E-state index in [1.165, 1.54) is 0 Å². The van der Waals surface area contributed by atoms with Gasteiger partial charge in [0.15, 0.2) is 0 Å². The molecule has 0 aliphatic carbocycles. The number of carbonyl (C=O) groups is 2. The molecule has 0 spiro atoms. The number of carboxylic acids is 1. The van der Waals surface area contributed by atoms with Crippen molar-refractivity contribution in [3.63, 3.8) is 0 Å². The maximum Gasteiger partial charge on any atom is 0.410 e. The molecule has 5 heteroatoms. The lowest BCUT2D eigenvalue weighted by Gasteiger charge is -2.32. The Balaban J connectivity index is 1.97. The fraction of sp³-hybridized carbons (Fsp3) is 0.417. The van der Waals surface area contributed by atoms with E-state index in [9.17, 15) is 14.7 Å². The highest BCUT2D eigenvalue weighted by Crippen LogP contribution is 2.34. The number of benzene rings is 2. The van der Waals surface area contributed by atoms with Crippen molar-refractivity contribution in [1.29, 1.82) is 0 Å². The lowest BCUT2D eigenvalue weighted by molar-refractivity contribution is 0.0163. The van der Waals surface area contributed by atoms with Gasteiger partial charge in [-0.05, 0) is 62.4 Å². The third kappa shape index (κ3) is 5.17. The average Bonchev–Trinajstić information content (AvgIpc) is 2.93. The number of aromatic carboxylic acids is 1. The first-order chi connectivity index (χ1) is 13.8. The molecule has 1 atom stereocenters. The van der Waals surface area contributed by atoms with E-state index in [-0.39, 0.29) is 17.7 Å². The minimum atomic E-state index is -0.948. The molecule has 2 aromatic rings. The van der Waals surface area contributed by atoms with Crippen LogP contribution in [-0.2, 0) is 4.74 Å². The number of hydrogen-bond acceptors (Lipinski definition) is 3. The molecule has 1 aliphatic heterocycles. The summed E-state index contributed by atoms with van der Waals surface area (Å²) >= 11 is 0. The van der Waals surface area contributed by atoms with E-state index in [4.69, 9.17) is 4.74 Å². The highest BCUT2D eigenvalue weighted by Gasteiger charge is 2.30. The van der Waals surface area contributed by atoms with E-state index in [0.717, 1.165) is 36.8 Å². The molecule has 1 heterocycles. The standard InChI is InChI=1S/C24H29NO4/c1-24(2,3)29-23(28)25-15-8-4-5-14-21(25)18-11-9-10-17(16-18)19-12-6-7-13-20(19)22(26)27/h6-7,9-13,16,21H,4-5,8,14-15H2,1-3H3,(H,26,27). The number of hydrogen-bond donors (Lipinski definition) is 1. The largest absolute Gasteiger partial charge is 0.478 e. The summed E-state index contributed by atoms with van der Waals surface area (Å²) in [5.41, 5.74) is 2.26. The van der Waals surface area contributed by atoms with Crippen LogP contribution in [0.1, 0.15) is 68.4 Å². The fourth-order valence-corrected chi connectivity index (χ4v) is 3.83. The third-order valence-electron chi connectivity index (χ3n) is 5.12. The zero-order valence-corrected chi connectivity index (χ0v) is 17.4. The Morgan fingerprint density at radius 3 is 2.52 bits per heavy atom. The van der Waals surface area contributed by atoms with Crippen LogP contribution in [-0.4, -0.2) is 34.2 Å². The molecule has 1 unspecified atom stereocenters. The van der Waals surface area contributed by atoms with Crippen LogP contribution in [0.15, 0.2) is 48.5 Å². The number of carboxylic acid groups (broad SMARTS) is 1. The predicted molar refractivity (Wildman–Crippen MR) is 113 cm³/mol. The van der Waals surface area contributed by atoms with Crippen molar-refractivity contribution < 1.29 is 19.4 Å². The zero-order valence-electron chi connectivity index (χ0n) is 17.4. The van der Waals surface area contributed by atoms with Gasteiger partial charge in [-0.3, -0.25) is 0 Å². The van der Waals surface area contributed by atoms with Crippen molar-refractivity contribution in [2.24, 2.45) is 0 Å². The molecule has 0 bridgehead atoms. The Bertz CT molecular complexity index is 884. The minimum Gasteiger partial charge on any atom is -0.478 e. The molecule has 3 rings (SSSR count). The molecule has 1 fully saturated rings. The van der Waals surface area contributed by atoms with Crippen LogP contribution >= 0.6 is 0 Å². The molecule has 1 amide bonds. The number of nitrogens with zero attached hydrogens (tertiary/aromatic N) is 1. The van der Waals surface area contributed by atoms with Crippen molar-refractivity contribution >= 4 is 12.1 Å². The highest BCUT2D eigenvalue weighted by molar-refractivity contribution is 5.96. The van der Waals surface area contributed by atoms with Crippen LogP contribution in [0, 0.1) is 0 Å². The summed E-state index contributed by atoms with van der Waals surface area (Å²) in [6.07, 6.45) is 3.65. The van der Waals surface area contributed by atoms with E-state index >= 15 is 0 Å². The number of amides is 1. The Hall–Kier alpha value is -2.82. The van der Waals surface area contributed by atoms with Gasteiger partial charge >= 0.3 is 12.1 Å². The summed E-state index contributed by atoms with van der Waals surface area (Å²) in [7, 11) is 0. The predicted octanol–water partition coefficient (Wildman–Crippen LogP) is 5.90. The summed E-state index contributed by atoms with van der Waals surface area (Å²) < 4.78 is 5.66. The molecule has 2 aromatic carbocycles. The first-order valence-electron chi connectivity index (χ1n) is 10.2. The molecule has 0 saturated carbocycles. The van der Waals surface area contributed by atoms with Gasteiger partial charge in [-0.25, -0.2) is 9.59 Å². The lowest BCUT2D eigenvalue weighted by Crippen LogP contribution is -2.39. The number of rotatable bonds is 3. The quantitative estimate of drug-likeness (QED) is 0.702. The Kier molecular flexibility index (Phi) is 6.26. The van der Waals surface area contributed by atoms with Crippen LogP contribution in [0.3, 0.4) is 0 Å². The first kappa shape index (κ1) is 20.9. The van der Waals surface area contributed by atoms with Crippen LogP contribution in [0.2, 0.25) is 0 Å². The van der Waals surface area contributed by atoms with Crippen molar-refractivity contribution in [2.75, 3.05) is 6.54 Å². The number of carbonyl (C=O) groups excluding carboxylic acids is 1. The molecule has 0 aromatic heterocycles. The molecular formula is C24H29NO4. The van der Waals surface area contributed by atoms with E-state index < -0.39 is 11.6 Å². The lowest BCUT2D eigenvalue weighted by atomic mass is 9.94. The number of likely N-dealkylation sites (tertiary alicyclic amines) is 1. The molecule has 1 saturated heterocycles. The van der Waals surface area contributed by atoms with E-state index in [1.54, 1.807) is 12.1 Å². The van der Waals surface area contributed by atoms with Crippen molar-refractivity contribution in [3.8, 4) is 11.1 Å². The van der Waals surface area contributed by atoms with E-state index in [0.29, 0.717) is 12.1 Å². The Labute approximate surface area is 172 Å². The van der Waals surface area contributed by atoms with Crippen LogP contribution in [0.25, 0.3) is 11.1 Å². The average molecular weight is 395 g/mol. The normalized spacial score (nSPS) is 17.5. The fourth-order valence-electron chi connectivity index (χ4n) is 3.83. The van der Waals surface area contributed by atoms with Gasteiger partial charge in [0.25, 0.3) is 0 Å². The molecule has 0 radical (unpaired) electrons. The second kappa shape index (κ2) is 8.68. The number of ether oxygens (including phenoxy) is 1. The van der Waals surface area contributed by atoms with Crippen LogP contribution < -0.4 is 0 Å². The van der Waals surface area contributed by atoms with Gasteiger partial charge in [0, 0.05) is 6.54 Å². The topological polar surface area (TPSA) is 66.8 Å². The van der Waals surface area contributed by atoms with E-state index in [2.05, 4.69) is 0 Å². The van der Waals surface area contributed by atoms with Crippen molar-refractivity contribution in [3.05, 3.63) is 59.7 Å². The van der Waals surface area contributed by atoms with Gasteiger partial charge in [-0.1, -0.05) is 49.2 Å². The summed E-state index contributed by atoms with van der Waals surface area (Å²) in [6.45, 7) is 6.29.